The van der Waals surface area contributed by atoms with Gasteiger partial charge in [-0.3, -0.25) is 4.79 Å². The molecule has 1 aliphatic heterocycles. The van der Waals surface area contributed by atoms with Gasteiger partial charge in [0.15, 0.2) is 0 Å². The molecule has 0 atom stereocenters. The summed E-state index contributed by atoms with van der Waals surface area (Å²) in [6.07, 6.45) is 1.32. The zero-order valence-corrected chi connectivity index (χ0v) is 11.3. The molecule has 0 unspecified atom stereocenters. The van der Waals surface area contributed by atoms with Crippen LogP contribution in [-0.2, 0) is 14.3 Å². The molecule has 1 amide bonds. The lowest BCUT2D eigenvalue weighted by molar-refractivity contribution is -0.122. The van der Waals surface area contributed by atoms with Gasteiger partial charge in [-0.15, -0.1) is 0 Å². The van der Waals surface area contributed by atoms with Crippen LogP contribution >= 0.6 is 0 Å². The smallest absolute Gasteiger partial charge is 0.289 e. The van der Waals surface area contributed by atoms with Crippen LogP contribution in [0.1, 0.15) is 0 Å². The van der Waals surface area contributed by atoms with Crippen molar-refractivity contribution in [3.05, 3.63) is 36.3 Å². The van der Waals surface area contributed by atoms with Crippen LogP contribution in [0.3, 0.4) is 0 Å². The molecule has 0 aromatic heterocycles. The SMILES string of the molecule is COc1ccc(OCCNC(=O)C2=COCCO2)cc1. The molecule has 0 fully saturated rings. The monoisotopic (exact) mass is 279 g/mol. The Morgan fingerprint density at radius 2 is 2.00 bits per heavy atom. The van der Waals surface area contributed by atoms with Crippen LogP contribution in [0.25, 0.3) is 0 Å². The minimum Gasteiger partial charge on any atom is -0.497 e. The van der Waals surface area contributed by atoms with Gasteiger partial charge in [-0.2, -0.15) is 0 Å². The Balaban J connectivity index is 1.67. The zero-order valence-electron chi connectivity index (χ0n) is 11.3. The van der Waals surface area contributed by atoms with Gasteiger partial charge in [-0.05, 0) is 24.3 Å². The van der Waals surface area contributed by atoms with Crippen molar-refractivity contribution in [2.24, 2.45) is 0 Å². The fourth-order valence-electron chi connectivity index (χ4n) is 1.58. The highest BCUT2D eigenvalue weighted by atomic mass is 16.6. The first-order valence-corrected chi connectivity index (χ1v) is 6.29. The normalized spacial score (nSPS) is 13.6. The van der Waals surface area contributed by atoms with E-state index in [1.807, 2.05) is 12.1 Å². The average Bonchev–Trinajstić information content (AvgIpc) is 2.53. The molecular weight excluding hydrogens is 262 g/mol. The number of benzene rings is 1. The Hall–Kier alpha value is -2.37. The molecule has 1 aliphatic rings. The molecule has 0 saturated carbocycles. The number of hydrogen-bond acceptors (Lipinski definition) is 5. The van der Waals surface area contributed by atoms with Crippen LogP contribution in [0.2, 0.25) is 0 Å². The topological polar surface area (TPSA) is 66.0 Å². The van der Waals surface area contributed by atoms with E-state index in [9.17, 15) is 4.79 Å². The van der Waals surface area contributed by atoms with E-state index in [0.717, 1.165) is 11.5 Å². The van der Waals surface area contributed by atoms with Crippen LogP contribution in [0.5, 0.6) is 11.5 Å². The molecule has 1 aromatic rings. The van der Waals surface area contributed by atoms with Crippen molar-refractivity contribution >= 4 is 5.91 Å². The minimum atomic E-state index is -0.303. The van der Waals surface area contributed by atoms with Gasteiger partial charge in [0.25, 0.3) is 5.91 Å². The number of hydrogen-bond donors (Lipinski definition) is 1. The van der Waals surface area contributed by atoms with Gasteiger partial charge in [0.2, 0.25) is 5.76 Å². The van der Waals surface area contributed by atoms with Crippen LogP contribution in [0.4, 0.5) is 0 Å². The van der Waals surface area contributed by atoms with Crippen LogP contribution in [0, 0.1) is 0 Å². The van der Waals surface area contributed by atoms with Crippen LogP contribution < -0.4 is 14.8 Å². The summed E-state index contributed by atoms with van der Waals surface area (Å²) in [6.45, 7) is 1.61. The molecular formula is C14H17NO5. The van der Waals surface area contributed by atoms with Gasteiger partial charge in [0, 0.05) is 0 Å². The maximum absolute atomic E-state index is 11.6. The van der Waals surface area contributed by atoms with E-state index in [2.05, 4.69) is 5.32 Å². The van der Waals surface area contributed by atoms with Gasteiger partial charge in [0.1, 0.15) is 37.6 Å². The van der Waals surface area contributed by atoms with E-state index >= 15 is 0 Å². The summed E-state index contributed by atoms with van der Waals surface area (Å²) in [6, 6.07) is 7.24. The van der Waals surface area contributed by atoms with Gasteiger partial charge < -0.3 is 24.3 Å². The second-order valence-corrected chi connectivity index (χ2v) is 3.98. The second-order valence-electron chi connectivity index (χ2n) is 3.98. The van der Waals surface area contributed by atoms with Crippen molar-refractivity contribution in [1.29, 1.82) is 0 Å². The molecule has 1 aromatic carbocycles. The molecule has 2 rings (SSSR count). The van der Waals surface area contributed by atoms with Crippen molar-refractivity contribution in [2.75, 3.05) is 33.5 Å². The lowest BCUT2D eigenvalue weighted by atomic mass is 10.3. The maximum atomic E-state index is 11.6. The first-order chi connectivity index (χ1) is 9.79. The number of carbonyl (C=O) groups excluding carboxylic acids is 1. The molecule has 20 heavy (non-hydrogen) atoms. The largest absolute Gasteiger partial charge is 0.497 e. The predicted octanol–water partition coefficient (Wildman–Crippen LogP) is 1.08. The Labute approximate surface area is 117 Å². The molecule has 6 nitrogen and oxygen atoms in total. The standard InChI is InChI=1S/C14H17NO5/c1-17-11-2-4-12(5-3-11)19-7-6-15-14(16)13-10-18-8-9-20-13/h2-5,10H,6-9H2,1H3,(H,15,16). The third-order valence-electron chi connectivity index (χ3n) is 2.59. The summed E-state index contributed by atoms with van der Waals surface area (Å²) in [5.74, 6) is 1.38. The summed E-state index contributed by atoms with van der Waals surface area (Å²) in [5, 5.41) is 2.68. The number of rotatable bonds is 6. The van der Waals surface area contributed by atoms with E-state index in [1.54, 1.807) is 19.2 Å². The third-order valence-corrected chi connectivity index (χ3v) is 2.59. The highest BCUT2D eigenvalue weighted by Gasteiger charge is 2.13. The highest BCUT2D eigenvalue weighted by Crippen LogP contribution is 2.16. The number of nitrogens with one attached hydrogen (secondary N) is 1. The molecule has 0 spiro atoms. The van der Waals surface area contributed by atoms with Crippen molar-refractivity contribution in [3.8, 4) is 11.5 Å². The van der Waals surface area contributed by atoms with Crippen molar-refractivity contribution in [1.82, 2.24) is 5.32 Å². The van der Waals surface area contributed by atoms with Gasteiger partial charge in [0.05, 0.1) is 13.7 Å². The molecule has 6 heteroatoms. The van der Waals surface area contributed by atoms with Crippen LogP contribution in [-0.4, -0.2) is 39.4 Å². The quantitative estimate of drug-likeness (QED) is 0.789. The van der Waals surface area contributed by atoms with E-state index in [-0.39, 0.29) is 11.7 Å². The van der Waals surface area contributed by atoms with E-state index in [4.69, 9.17) is 18.9 Å². The van der Waals surface area contributed by atoms with Crippen LogP contribution in [0.15, 0.2) is 36.3 Å². The summed E-state index contributed by atoms with van der Waals surface area (Å²) in [7, 11) is 1.61. The lowest BCUT2D eigenvalue weighted by Crippen LogP contribution is -2.31. The molecule has 0 aliphatic carbocycles. The average molecular weight is 279 g/mol. The Bertz CT molecular complexity index is 469. The molecule has 0 radical (unpaired) electrons. The van der Waals surface area contributed by atoms with Crippen molar-refractivity contribution in [3.63, 3.8) is 0 Å². The molecule has 1 N–H and O–H groups in total. The maximum Gasteiger partial charge on any atom is 0.289 e. The number of amides is 1. The first kappa shape index (κ1) is 14.0. The van der Waals surface area contributed by atoms with Crippen molar-refractivity contribution < 1.29 is 23.7 Å². The fourth-order valence-corrected chi connectivity index (χ4v) is 1.58. The number of ether oxygens (including phenoxy) is 4. The van der Waals surface area contributed by atoms with E-state index in [0.29, 0.717) is 26.4 Å². The summed E-state index contributed by atoms with van der Waals surface area (Å²) >= 11 is 0. The molecule has 1 heterocycles. The summed E-state index contributed by atoms with van der Waals surface area (Å²) < 4.78 is 20.7. The number of carbonyl (C=O) groups is 1. The predicted molar refractivity (Wildman–Crippen MR) is 71.5 cm³/mol. The van der Waals surface area contributed by atoms with E-state index < -0.39 is 0 Å². The van der Waals surface area contributed by atoms with Gasteiger partial charge >= 0.3 is 0 Å². The van der Waals surface area contributed by atoms with Gasteiger partial charge in [-0.25, -0.2) is 0 Å². The molecule has 0 bridgehead atoms. The Morgan fingerprint density at radius 3 is 2.65 bits per heavy atom. The Morgan fingerprint density at radius 1 is 1.25 bits per heavy atom. The summed E-state index contributed by atoms with van der Waals surface area (Å²) in [4.78, 5) is 11.6. The number of methoxy groups -OCH3 is 1. The summed E-state index contributed by atoms with van der Waals surface area (Å²) in [5.41, 5.74) is 0. The lowest BCUT2D eigenvalue weighted by Gasteiger charge is -2.15. The minimum absolute atomic E-state index is 0.195. The third kappa shape index (κ3) is 4.08. The zero-order chi connectivity index (χ0) is 14.2. The van der Waals surface area contributed by atoms with Crippen molar-refractivity contribution in [2.45, 2.75) is 0 Å². The Kier molecular flexibility index (Phi) is 5.11. The molecule has 108 valence electrons. The highest BCUT2D eigenvalue weighted by molar-refractivity contribution is 5.91. The second kappa shape index (κ2) is 7.28. The molecule has 0 saturated heterocycles. The first-order valence-electron chi connectivity index (χ1n) is 6.29. The van der Waals surface area contributed by atoms with Gasteiger partial charge in [-0.1, -0.05) is 0 Å². The van der Waals surface area contributed by atoms with E-state index in [1.165, 1.54) is 6.26 Å². The fraction of sp³-hybridized carbons (Fsp3) is 0.357.